The predicted molar refractivity (Wildman–Crippen MR) is 88.2 cm³/mol. The smallest absolute Gasteiger partial charge is 0.169 e. The molecule has 0 radical (unpaired) electrons. The van der Waals surface area contributed by atoms with Crippen molar-refractivity contribution in [3.05, 3.63) is 52.7 Å². The summed E-state index contributed by atoms with van der Waals surface area (Å²) in [7, 11) is 0. The monoisotopic (exact) mass is 308 g/mol. The van der Waals surface area contributed by atoms with Crippen molar-refractivity contribution in [2.75, 3.05) is 24.6 Å². The van der Waals surface area contributed by atoms with Gasteiger partial charge in [-0.05, 0) is 31.9 Å². The van der Waals surface area contributed by atoms with Crippen LogP contribution in [0.1, 0.15) is 29.3 Å². The van der Waals surface area contributed by atoms with Crippen molar-refractivity contribution < 1.29 is 4.74 Å². The number of nitrogens with zero attached hydrogens (tertiary/aromatic N) is 4. The molecule has 118 valence electrons. The largest absolute Gasteiger partial charge is 0.367 e. The van der Waals surface area contributed by atoms with Gasteiger partial charge in [0.2, 0.25) is 0 Å². The molecule has 1 aliphatic rings. The van der Waals surface area contributed by atoms with E-state index in [9.17, 15) is 5.26 Å². The summed E-state index contributed by atoms with van der Waals surface area (Å²) < 4.78 is 6.06. The van der Waals surface area contributed by atoms with Gasteiger partial charge in [0.15, 0.2) is 5.82 Å². The number of ether oxygens (including phenoxy) is 1. The molecule has 0 saturated carbocycles. The molecule has 23 heavy (non-hydrogen) atoms. The van der Waals surface area contributed by atoms with Crippen LogP contribution in [0.5, 0.6) is 0 Å². The standard InChI is InChI=1S/C18H20N4O/c1-13-14(2)20-21-17(16(13)11-19)22-9-10-23-18(3,12-22)15-7-5-4-6-8-15/h4-8H,9-10,12H2,1-3H3. The fraction of sp³-hybridized carbons (Fsp3) is 0.389. The first-order valence-corrected chi connectivity index (χ1v) is 7.73. The number of aryl methyl sites for hydroxylation is 1. The average molecular weight is 308 g/mol. The Hall–Kier alpha value is -2.45. The van der Waals surface area contributed by atoms with Crippen LogP contribution < -0.4 is 4.90 Å². The Balaban J connectivity index is 1.97. The van der Waals surface area contributed by atoms with Gasteiger partial charge in [-0.3, -0.25) is 0 Å². The summed E-state index contributed by atoms with van der Waals surface area (Å²) in [6, 6.07) is 12.4. The van der Waals surface area contributed by atoms with Crippen molar-refractivity contribution in [2.45, 2.75) is 26.4 Å². The Kier molecular flexibility index (Phi) is 4.01. The molecule has 2 heterocycles. The van der Waals surface area contributed by atoms with E-state index in [4.69, 9.17) is 4.74 Å². The molecule has 5 heteroatoms. The van der Waals surface area contributed by atoms with Crippen LogP contribution in [0.4, 0.5) is 5.82 Å². The van der Waals surface area contributed by atoms with Crippen molar-refractivity contribution >= 4 is 5.82 Å². The molecule has 0 aliphatic carbocycles. The van der Waals surface area contributed by atoms with Gasteiger partial charge in [-0.2, -0.15) is 10.4 Å². The van der Waals surface area contributed by atoms with Crippen LogP contribution in [0.15, 0.2) is 30.3 Å². The highest BCUT2D eigenvalue weighted by molar-refractivity contribution is 5.58. The fourth-order valence-electron chi connectivity index (χ4n) is 2.97. The molecule has 0 amide bonds. The maximum atomic E-state index is 9.53. The number of hydrogen-bond donors (Lipinski definition) is 0. The molecule has 1 atom stereocenters. The number of morpholine rings is 1. The first-order chi connectivity index (χ1) is 11.0. The third-order valence-corrected chi connectivity index (χ3v) is 4.51. The number of rotatable bonds is 2. The average Bonchev–Trinajstić information content (AvgIpc) is 2.58. The summed E-state index contributed by atoms with van der Waals surface area (Å²) in [6.45, 7) is 7.81. The van der Waals surface area contributed by atoms with Gasteiger partial charge in [-0.25, -0.2) is 0 Å². The van der Waals surface area contributed by atoms with E-state index in [1.807, 2.05) is 32.0 Å². The number of nitriles is 1. The molecule has 3 rings (SSSR count). The number of anilines is 1. The van der Waals surface area contributed by atoms with Gasteiger partial charge >= 0.3 is 0 Å². The van der Waals surface area contributed by atoms with E-state index in [1.54, 1.807) is 0 Å². The van der Waals surface area contributed by atoms with Crippen LogP contribution in [0.2, 0.25) is 0 Å². The zero-order valence-corrected chi connectivity index (χ0v) is 13.7. The second-order valence-electron chi connectivity index (χ2n) is 6.09. The maximum absolute atomic E-state index is 9.53. The molecular formula is C18H20N4O. The normalized spacial score (nSPS) is 21.0. The van der Waals surface area contributed by atoms with Crippen molar-refractivity contribution in [1.29, 1.82) is 5.26 Å². The second kappa shape index (κ2) is 5.98. The highest BCUT2D eigenvalue weighted by Gasteiger charge is 2.35. The molecule has 1 aliphatic heterocycles. The van der Waals surface area contributed by atoms with E-state index in [0.717, 1.165) is 16.8 Å². The van der Waals surface area contributed by atoms with Gasteiger partial charge in [0.1, 0.15) is 17.2 Å². The molecule has 1 fully saturated rings. The van der Waals surface area contributed by atoms with Crippen LogP contribution in [0, 0.1) is 25.2 Å². The first-order valence-electron chi connectivity index (χ1n) is 7.73. The molecule has 5 nitrogen and oxygen atoms in total. The fourth-order valence-corrected chi connectivity index (χ4v) is 2.97. The zero-order chi connectivity index (χ0) is 16.4. The van der Waals surface area contributed by atoms with Crippen molar-refractivity contribution in [3.8, 4) is 6.07 Å². The van der Waals surface area contributed by atoms with Gasteiger partial charge in [-0.15, -0.1) is 5.10 Å². The minimum Gasteiger partial charge on any atom is -0.367 e. The third-order valence-electron chi connectivity index (χ3n) is 4.51. The first kappa shape index (κ1) is 15.4. The van der Waals surface area contributed by atoms with Crippen molar-refractivity contribution in [3.63, 3.8) is 0 Å². The van der Waals surface area contributed by atoms with Gasteiger partial charge in [0, 0.05) is 6.54 Å². The van der Waals surface area contributed by atoms with Crippen molar-refractivity contribution in [2.24, 2.45) is 0 Å². The lowest BCUT2D eigenvalue weighted by atomic mass is 9.93. The molecule has 1 unspecified atom stereocenters. The highest BCUT2D eigenvalue weighted by atomic mass is 16.5. The summed E-state index contributed by atoms with van der Waals surface area (Å²) in [4.78, 5) is 2.11. The SMILES string of the molecule is Cc1nnc(N2CCOC(C)(c3ccccc3)C2)c(C#N)c1C. The molecule has 1 aromatic heterocycles. The maximum Gasteiger partial charge on any atom is 0.169 e. The van der Waals surface area contributed by atoms with E-state index in [0.29, 0.717) is 31.1 Å². The van der Waals surface area contributed by atoms with Gasteiger partial charge in [0.05, 0.1) is 18.8 Å². The van der Waals surface area contributed by atoms with Crippen LogP contribution in [-0.4, -0.2) is 29.9 Å². The minimum absolute atomic E-state index is 0.424. The van der Waals surface area contributed by atoms with E-state index < -0.39 is 5.60 Å². The number of aromatic nitrogens is 2. The lowest BCUT2D eigenvalue weighted by Gasteiger charge is -2.41. The predicted octanol–water partition coefficient (Wildman–Crippen LogP) is 2.72. The summed E-state index contributed by atoms with van der Waals surface area (Å²) in [5.74, 6) is 0.654. The van der Waals surface area contributed by atoms with E-state index >= 15 is 0 Å². The highest BCUT2D eigenvalue weighted by Crippen LogP contribution is 2.32. The molecule has 0 bridgehead atoms. The van der Waals surface area contributed by atoms with Crippen molar-refractivity contribution in [1.82, 2.24) is 10.2 Å². The second-order valence-corrected chi connectivity index (χ2v) is 6.09. The molecule has 0 spiro atoms. The van der Waals surface area contributed by atoms with E-state index in [-0.39, 0.29) is 0 Å². The lowest BCUT2D eigenvalue weighted by molar-refractivity contribution is -0.0468. The summed E-state index contributed by atoms with van der Waals surface area (Å²) >= 11 is 0. The Labute approximate surface area is 136 Å². The van der Waals surface area contributed by atoms with Crippen LogP contribution in [0.3, 0.4) is 0 Å². The molecule has 1 aromatic carbocycles. The Morgan fingerprint density at radius 3 is 2.65 bits per heavy atom. The Morgan fingerprint density at radius 1 is 1.22 bits per heavy atom. The number of benzene rings is 1. The molecule has 2 aromatic rings. The van der Waals surface area contributed by atoms with Crippen LogP contribution in [0.25, 0.3) is 0 Å². The summed E-state index contributed by atoms with van der Waals surface area (Å²) in [6.07, 6.45) is 0. The summed E-state index contributed by atoms with van der Waals surface area (Å²) in [5, 5.41) is 18.0. The van der Waals surface area contributed by atoms with E-state index in [1.165, 1.54) is 0 Å². The van der Waals surface area contributed by atoms with E-state index in [2.05, 4.69) is 40.2 Å². The Morgan fingerprint density at radius 2 is 1.96 bits per heavy atom. The third kappa shape index (κ3) is 2.78. The van der Waals surface area contributed by atoms with Crippen LogP contribution in [-0.2, 0) is 10.3 Å². The van der Waals surface area contributed by atoms with Crippen LogP contribution >= 0.6 is 0 Å². The topological polar surface area (TPSA) is 62.0 Å². The van der Waals surface area contributed by atoms with Gasteiger partial charge < -0.3 is 9.64 Å². The van der Waals surface area contributed by atoms with Gasteiger partial charge in [-0.1, -0.05) is 30.3 Å². The number of hydrogen-bond acceptors (Lipinski definition) is 5. The summed E-state index contributed by atoms with van der Waals surface area (Å²) in [5.41, 5.74) is 3.00. The minimum atomic E-state index is -0.424. The molecular weight excluding hydrogens is 288 g/mol. The lowest BCUT2D eigenvalue weighted by Crippen LogP contribution is -2.49. The quantitative estimate of drug-likeness (QED) is 0.853. The zero-order valence-electron chi connectivity index (χ0n) is 13.7. The molecule has 1 saturated heterocycles. The molecule has 0 N–H and O–H groups in total. The Bertz CT molecular complexity index is 754. The van der Waals surface area contributed by atoms with Gasteiger partial charge in [0.25, 0.3) is 0 Å².